The van der Waals surface area contributed by atoms with Gasteiger partial charge in [0.25, 0.3) is 10.1 Å². The van der Waals surface area contributed by atoms with Crippen molar-refractivity contribution < 1.29 is 42.9 Å². The number of benzene rings is 1. The summed E-state index contributed by atoms with van der Waals surface area (Å²) in [5, 5.41) is 35.0. The van der Waals surface area contributed by atoms with Crippen molar-refractivity contribution >= 4 is 16.1 Å². The molecule has 1 heterocycles. The first-order valence-electron chi connectivity index (χ1n) is 6.24. The van der Waals surface area contributed by atoms with E-state index in [1.165, 1.54) is 12.1 Å². The van der Waals surface area contributed by atoms with Gasteiger partial charge in [-0.1, -0.05) is 17.7 Å². The fourth-order valence-corrected chi connectivity index (χ4v) is 2.01. The fraction of sp³-hybridized carbons (Fsp3) is 0.308. The van der Waals surface area contributed by atoms with Crippen molar-refractivity contribution in [2.75, 3.05) is 6.61 Å². The standard InChI is InChI=1S/C7H8O3S.C6H8O6/c1-6-2-4-7(5-3-6)11(8,9)10;7-1-2(8)5-3(9)4(10)6(11)12-5/h2-5H,1H3,(H,8,9,10);2,5,7-10H,1H2/t;2?,5-/m.1/s1. The Morgan fingerprint density at radius 1 is 1.22 bits per heavy atom. The lowest BCUT2D eigenvalue weighted by atomic mass is 10.2. The molecule has 10 heteroatoms. The highest BCUT2D eigenvalue weighted by Crippen LogP contribution is 2.20. The number of ether oxygens (including phenoxy) is 1. The topological polar surface area (TPSA) is 162 Å². The van der Waals surface area contributed by atoms with Gasteiger partial charge in [-0.15, -0.1) is 0 Å². The average Bonchev–Trinajstić information content (AvgIpc) is 2.74. The van der Waals surface area contributed by atoms with E-state index in [1.807, 2.05) is 6.92 Å². The second-order valence-electron chi connectivity index (χ2n) is 4.60. The van der Waals surface area contributed by atoms with Gasteiger partial charge in [-0.05, 0) is 19.1 Å². The van der Waals surface area contributed by atoms with Gasteiger partial charge < -0.3 is 25.2 Å². The van der Waals surface area contributed by atoms with E-state index in [2.05, 4.69) is 4.74 Å². The average molecular weight is 348 g/mol. The molecule has 2 atom stereocenters. The highest BCUT2D eigenvalue weighted by Gasteiger charge is 2.38. The summed E-state index contributed by atoms with van der Waals surface area (Å²) >= 11 is 0. The summed E-state index contributed by atoms with van der Waals surface area (Å²) in [4.78, 5) is 10.5. The first-order chi connectivity index (χ1) is 10.6. The molecule has 0 bridgehead atoms. The number of rotatable bonds is 3. The lowest BCUT2D eigenvalue weighted by Crippen LogP contribution is -2.31. The highest BCUT2D eigenvalue weighted by atomic mass is 32.2. The molecule has 0 radical (unpaired) electrons. The van der Waals surface area contributed by atoms with Crippen LogP contribution in [0.25, 0.3) is 0 Å². The second kappa shape index (κ2) is 7.42. The van der Waals surface area contributed by atoms with Gasteiger partial charge in [0, 0.05) is 0 Å². The molecule has 0 aliphatic carbocycles. The van der Waals surface area contributed by atoms with Crippen molar-refractivity contribution in [2.45, 2.75) is 24.0 Å². The Kier molecular flexibility index (Phi) is 6.10. The van der Waals surface area contributed by atoms with Gasteiger partial charge in [-0.25, -0.2) is 4.79 Å². The Morgan fingerprint density at radius 3 is 2.09 bits per heavy atom. The van der Waals surface area contributed by atoms with E-state index in [9.17, 15) is 13.2 Å². The van der Waals surface area contributed by atoms with E-state index in [-0.39, 0.29) is 4.90 Å². The van der Waals surface area contributed by atoms with Crippen LogP contribution in [-0.4, -0.2) is 58.2 Å². The Bertz CT molecular complexity index is 691. The Labute approximate surface area is 131 Å². The smallest absolute Gasteiger partial charge is 0.377 e. The lowest BCUT2D eigenvalue weighted by Gasteiger charge is -2.13. The quantitative estimate of drug-likeness (QED) is 0.369. The number of hydrogen-bond donors (Lipinski definition) is 5. The molecule has 128 valence electrons. The molecule has 1 aliphatic rings. The Balaban J connectivity index is 0.000000231. The summed E-state index contributed by atoms with van der Waals surface area (Å²) in [6, 6.07) is 5.99. The van der Waals surface area contributed by atoms with Crippen molar-refractivity contribution in [3.8, 4) is 0 Å². The molecule has 1 aromatic carbocycles. The van der Waals surface area contributed by atoms with Crippen LogP contribution in [0.15, 0.2) is 40.7 Å². The molecule has 1 unspecified atom stereocenters. The van der Waals surface area contributed by atoms with Crippen molar-refractivity contribution in [3.05, 3.63) is 41.3 Å². The van der Waals surface area contributed by atoms with Crippen LogP contribution < -0.4 is 0 Å². The maximum absolute atomic E-state index is 10.5. The summed E-state index contributed by atoms with van der Waals surface area (Å²) in [6.07, 6.45) is -2.78. The van der Waals surface area contributed by atoms with Gasteiger partial charge in [-0.2, -0.15) is 8.42 Å². The van der Waals surface area contributed by atoms with E-state index in [1.54, 1.807) is 12.1 Å². The maximum atomic E-state index is 10.5. The summed E-state index contributed by atoms with van der Waals surface area (Å²) in [5.41, 5.74) is 0.956. The van der Waals surface area contributed by atoms with Crippen LogP contribution in [0.1, 0.15) is 5.56 Å². The minimum Gasteiger partial charge on any atom is -0.505 e. The van der Waals surface area contributed by atoms with E-state index >= 15 is 0 Å². The number of esters is 1. The largest absolute Gasteiger partial charge is 0.505 e. The van der Waals surface area contributed by atoms with Crippen molar-refractivity contribution in [1.82, 2.24) is 0 Å². The van der Waals surface area contributed by atoms with Crippen molar-refractivity contribution in [1.29, 1.82) is 0 Å². The predicted molar refractivity (Wildman–Crippen MR) is 76.2 cm³/mol. The Hall–Kier alpha value is -2.14. The molecule has 0 aromatic heterocycles. The minimum atomic E-state index is -4.02. The zero-order chi connectivity index (χ0) is 17.8. The first kappa shape index (κ1) is 18.9. The molecular formula is C13H16O9S. The molecule has 0 spiro atoms. The normalized spacial score (nSPS) is 19.0. The monoisotopic (exact) mass is 348 g/mol. The number of cyclic esters (lactones) is 1. The highest BCUT2D eigenvalue weighted by molar-refractivity contribution is 7.85. The zero-order valence-electron chi connectivity index (χ0n) is 11.9. The second-order valence-corrected chi connectivity index (χ2v) is 6.02. The van der Waals surface area contributed by atoms with Crippen LogP contribution in [0.3, 0.4) is 0 Å². The van der Waals surface area contributed by atoms with E-state index in [0.29, 0.717) is 0 Å². The lowest BCUT2D eigenvalue weighted by molar-refractivity contribution is -0.147. The number of aliphatic hydroxyl groups is 4. The third kappa shape index (κ3) is 4.93. The number of carbonyl (C=O) groups excluding carboxylic acids is 1. The van der Waals surface area contributed by atoms with Crippen molar-refractivity contribution in [2.24, 2.45) is 0 Å². The number of hydrogen-bond acceptors (Lipinski definition) is 8. The number of aryl methyl sites for hydroxylation is 1. The molecular weight excluding hydrogens is 332 g/mol. The molecule has 0 fully saturated rings. The molecule has 1 aliphatic heterocycles. The third-order valence-corrected chi connectivity index (χ3v) is 3.66. The maximum Gasteiger partial charge on any atom is 0.377 e. The molecule has 9 nitrogen and oxygen atoms in total. The summed E-state index contributed by atoms with van der Waals surface area (Å²) in [6.45, 7) is 1.17. The molecule has 5 N–H and O–H groups in total. The summed E-state index contributed by atoms with van der Waals surface area (Å²) in [7, 11) is -4.02. The van der Waals surface area contributed by atoms with Crippen LogP contribution >= 0.6 is 0 Å². The van der Waals surface area contributed by atoms with Gasteiger partial charge in [0.1, 0.15) is 6.10 Å². The van der Waals surface area contributed by atoms with E-state index < -0.39 is 46.4 Å². The van der Waals surface area contributed by atoms with Crippen LogP contribution in [0.2, 0.25) is 0 Å². The molecule has 0 saturated heterocycles. The number of aliphatic hydroxyl groups excluding tert-OH is 4. The van der Waals surface area contributed by atoms with Crippen LogP contribution in [0.5, 0.6) is 0 Å². The summed E-state index contributed by atoms with van der Waals surface area (Å²) < 4.78 is 33.9. The SMILES string of the molecule is Cc1ccc(S(=O)(=O)O)cc1.O=C1O[C@H](C(O)CO)C(O)=C1O. The van der Waals surface area contributed by atoms with Gasteiger partial charge in [0.2, 0.25) is 5.76 Å². The van der Waals surface area contributed by atoms with Crippen LogP contribution in [0.4, 0.5) is 0 Å². The van der Waals surface area contributed by atoms with Gasteiger partial charge in [-0.3, -0.25) is 4.55 Å². The van der Waals surface area contributed by atoms with Crippen LogP contribution in [-0.2, 0) is 19.6 Å². The summed E-state index contributed by atoms with van der Waals surface area (Å²) in [5.74, 6) is -2.78. The molecule has 0 amide bonds. The van der Waals surface area contributed by atoms with E-state index in [0.717, 1.165) is 5.56 Å². The van der Waals surface area contributed by atoms with Crippen molar-refractivity contribution in [3.63, 3.8) is 0 Å². The third-order valence-electron chi connectivity index (χ3n) is 2.79. The molecule has 2 rings (SSSR count). The number of carbonyl (C=O) groups is 1. The van der Waals surface area contributed by atoms with Gasteiger partial charge in [0.05, 0.1) is 11.5 Å². The van der Waals surface area contributed by atoms with Crippen LogP contribution in [0, 0.1) is 6.92 Å². The Morgan fingerprint density at radius 2 is 1.74 bits per heavy atom. The molecule has 23 heavy (non-hydrogen) atoms. The first-order valence-corrected chi connectivity index (χ1v) is 7.68. The fourth-order valence-electron chi connectivity index (χ4n) is 1.53. The molecule has 0 saturated carbocycles. The zero-order valence-corrected chi connectivity index (χ0v) is 12.8. The predicted octanol–water partition coefficient (Wildman–Crippen LogP) is -0.166. The molecule has 1 aromatic rings. The van der Waals surface area contributed by atoms with Gasteiger partial charge >= 0.3 is 5.97 Å². The minimum absolute atomic E-state index is 0.0666. The van der Waals surface area contributed by atoms with Gasteiger partial charge in [0.15, 0.2) is 11.9 Å². The van der Waals surface area contributed by atoms with E-state index in [4.69, 9.17) is 25.0 Å².